The minimum atomic E-state index is -1.86. The van der Waals surface area contributed by atoms with E-state index < -0.39 is 28.2 Å². The summed E-state index contributed by atoms with van der Waals surface area (Å²) >= 11 is 0. The fourth-order valence-corrected chi connectivity index (χ4v) is 2.95. The number of oxime groups is 1. The highest BCUT2D eigenvalue weighted by molar-refractivity contribution is 6.06. The maximum absolute atomic E-state index is 14.0. The van der Waals surface area contributed by atoms with Crippen molar-refractivity contribution in [3.63, 3.8) is 0 Å². The smallest absolute Gasteiger partial charge is 0.275 e. The number of para-hydroxylation sites is 1. The van der Waals surface area contributed by atoms with Crippen LogP contribution in [-0.2, 0) is 9.63 Å². The highest BCUT2D eigenvalue weighted by atomic mass is 19.1. The third kappa shape index (κ3) is 2.84. The predicted octanol–water partition coefficient (Wildman–Crippen LogP) is 2.92. The van der Waals surface area contributed by atoms with Crippen molar-refractivity contribution in [2.75, 3.05) is 0 Å². The molecule has 0 fully saturated rings. The number of aliphatic hydroxyl groups is 1. The van der Waals surface area contributed by atoms with E-state index in [0.717, 1.165) is 0 Å². The van der Waals surface area contributed by atoms with Crippen molar-refractivity contribution in [2.45, 2.75) is 25.0 Å². The molecule has 1 aliphatic heterocycles. The number of carbonyl (C=O) groups is 1. The molecule has 1 N–H and O–H groups in total. The Labute approximate surface area is 147 Å². The average molecular weight is 358 g/mol. The zero-order valence-electron chi connectivity index (χ0n) is 13.8. The number of halogens is 1. The summed E-state index contributed by atoms with van der Waals surface area (Å²) in [6.45, 7) is 1.19. The van der Waals surface area contributed by atoms with Gasteiger partial charge in [-0.1, -0.05) is 35.5 Å². The van der Waals surface area contributed by atoms with Gasteiger partial charge in [0.2, 0.25) is 5.60 Å². The van der Waals surface area contributed by atoms with Gasteiger partial charge in [0.15, 0.2) is 5.78 Å². The van der Waals surface area contributed by atoms with Crippen molar-refractivity contribution in [3.05, 3.63) is 75.6 Å². The van der Waals surface area contributed by atoms with E-state index in [2.05, 4.69) is 5.16 Å². The fraction of sp³-hybridized carbons (Fsp3) is 0.222. The number of rotatable bonds is 5. The van der Waals surface area contributed by atoms with Gasteiger partial charge >= 0.3 is 0 Å². The molecule has 1 aliphatic rings. The standard InChI is InChI=1S/C18H15FN2O5/c1-11(22)18(17(23)13-7-3-5-9-16(13)21(24)25)10-15(20-26-18)12-6-2-4-8-14(12)19/h2-9,17,23H,10H2,1H3. The van der Waals surface area contributed by atoms with E-state index in [1.165, 1.54) is 49.4 Å². The molecule has 2 unspecified atom stereocenters. The molecule has 0 aromatic heterocycles. The number of carbonyl (C=O) groups excluding carboxylic acids is 1. The molecule has 0 aliphatic carbocycles. The molecule has 134 valence electrons. The van der Waals surface area contributed by atoms with Crippen LogP contribution in [0.5, 0.6) is 0 Å². The van der Waals surface area contributed by atoms with Gasteiger partial charge in [-0.15, -0.1) is 0 Å². The number of aliphatic hydroxyl groups excluding tert-OH is 1. The zero-order valence-corrected chi connectivity index (χ0v) is 13.8. The van der Waals surface area contributed by atoms with Gasteiger partial charge < -0.3 is 9.94 Å². The van der Waals surface area contributed by atoms with E-state index in [9.17, 15) is 24.4 Å². The first-order valence-corrected chi connectivity index (χ1v) is 7.79. The lowest BCUT2D eigenvalue weighted by Gasteiger charge is -2.29. The first-order valence-electron chi connectivity index (χ1n) is 7.79. The van der Waals surface area contributed by atoms with E-state index in [1.807, 2.05) is 0 Å². The van der Waals surface area contributed by atoms with Gasteiger partial charge in [0.1, 0.15) is 11.9 Å². The molecule has 1 heterocycles. The largest absolute Gasteiger partial charge is 0.383 e. The van der Waals surface area contributed by atoms with Crippen molar-refractivity contribution >= 4 is 17.2 Å². The lowest BCUT2D eigenvalue weighted by Crippen LogP contribution is -2.44. The highest BCUT2D eigenvalue weighted by Gasteiger charge is 2.52. The molecule has 26 heavy (non-hydrogen) atoms. The molecular weight excluding hydrogens is 343 g/mol. The van der Waals surface area contributed by atoms with Gasteiger partial charge in [0.05, 0.1) is 16.2 Å². The van der Waals surface area contributed by atoms with Crippen LogP contribution in [0, 0.1) is 15.9 Å². The zero-order chi connectivity index (χ0) is 18.9. The maximum Gasteiger partial charge on any atom is 0.275 e. The molecule has 0 saturated carbocycles. The van der Waals surface area contributed by atoms with Crippen molar-refractivity contribution in [1.82, 2.24) is 0 Å². The Morgan fingerprint density at radius 1 is 1.31 bits per heavy atom. The van der Waals surface area contributed by atoms with Crippen LogP contribution in [0.3, 0.4) is 0 Å². The normalized spacial score (nSPS) is 20.2. The quantitative estimate of drug-likeness (QED) is 0.654. The van der Waals surface area contributed by atoms with E-state index in [1.54, 1.807) is 6.07 Å². The minimum absolute atomic E-state index is 0.0716. The van der Waals surface area contributed by atoms with E-state index in [4.69, 9.17) is 4.84 Å². The van der Waals surface area contributed by atoms with Crippen LogP contribution in [-0.4, -0.2) is 27.1 Å². The second kappa shape index (κ2) is 6.64. The number of nitrogens with zero attached hydrogens (tertiary/aromatic N) is 2. The van der Waals surface area contributed by atoms with Gasteiger partial charge in [-0.2, -0.15) is 0 Å². The monoisotopic (exact) mass is 358 g/mol. The molecule has 2 aromatic rings. The summed E-state index contributed by atoms with van der Waals surface area (Å²) in [4.78, 5) is 28.2. The minimum Gasteiger partial charge on any atom is -0.383 e. The first kappa shape index (κ1) is 17.7. The summed E-state index contributed by atoms with van der Waals surface area (Å²) in [6.07, 6.45) is -1.86. The van der Waals surface area contributed by atoms with Gasteiger partial charge in [0, 0.05) is 18.1 Å². The number of Topliss-reactive ketones (excluding diaryl/α,β-unsaturated/α-hetero) is 1. The van der Waals surface area contributed by atoms with Crippen molar-refractivity contribution in [1.29, 1.82) is 0 Å². The number of nitro benzene ring substituents is 1. The molecule has 8 heteroatoms. The molecular formula is C18H15FN2O5. The molecule has 2 aromatic carbocycles. The SMILES string of the molecule is CC(=O)C1(C(O)c2ccccc2[N+](=O)[O-])CC(c2ccccc2F)=NO1. The van der Waals surface area contributed by atoms with Gasteiger partial charge in [-0.25, -0.2) is 4.39 Å². The molecule has 0 spiro atoms. The summed E-state index contributed by atoms with van der Waals surface area (Å²) in [5.41, 5.74) is -1.98. The number of hydrogen-bond donors (Lipinski definition) is 1. The lowest BCUT2D eigenvalue weighted by molar-refractivity contribution is -0.386. The number of benzene rings is 2. The average Bonchev–Trinajstić information content (AvgIpc) is 3.08. The van der Waals surface area contributed by atoms with Crippen LogP contribution < -0.4 is 0 Å². The fourth-order valence-electron chi connectivity index (χ4n) is 2.95. The van der Waals surface area contributed by atoms with Crippen LogP contribution in [0.25, 0.3) is 0 Å². The summed E-state index contributed by atoms with van der Waals surface area (Å²) in [5.74, 6) is -1.12. The van der Waals surface area contributed by atoms with Crippen LogP contribution >= 0.6 is 0 Å². The molecule has 0 radical (unpaired) electrons. The predicted molar refractivity (Wildman–Crippen MR) is 90.1 cm³/mol. The number of hydrogen-bond acceptors (Lipinski definition) is 6. The van der Waals surface area contributed by atoms with Crippen LogP contribution in [0.4, 0.5) is 10.1 Å². The highest BCUT2D eigenvalue weighted by Crippen LogP contribution is 2.41. The summed E-state index contributed by atoms with van der Waals surface area (Å²) < 4.78 is 14.0. The Balaban J connectivity index is 2.01. The second-order valence-corrected chi connectivity index (χ2v) is 5.95. The molecule has 3 rings (SSSR count). The third-order valence-corrected chi connectivity index (χ3v) is 4.40. The Kier molecular flexibility index (Phi) is 4.52. The molecule has 0 amide bonds. The topological polar surface area (TPSA) is 102 Å². The van der Waals surface area contributed by atoms with Crippen molar-refractivity contribution < 1.29 is 24.1 Å². The first-order chi connectivity index (χ1) is 12.4. The van der Waals surface area contributed by atoms with Gasteiger partial charge in [-0.3, -0.25) is 14.9 Å². The number of ketones is 1. The summed E-state index contributed by atoms with van der Waals surface area (Å²) in [5, 5.41) is 25.8. The van der Waals surface area contributed by atoms with Crippen LogP contribution in [0.1, 0.15) is 30.6 Å². The van der Waals surface area contributed by atoms with E-state index >= 15 is 0 Å². The molecule has 0 bridgehead atoms. The summed E-state index contributed by atoms with van der Waals surface area (Å²) in [6, 6.07) is 11.4. The second-order valence-electron chi connectivity index (χ2n) is 5.95. The van der Waals surface area contributed by atoms with E-state index in [0.29, 0.717) is 0 Å². The molecule has 2 atom stereocenters. The van der Waals surface area contributed by atoms with Gasteiger partial charge in [0.25, 0.3) is 5.69 Å². The Morgan fingerprint density at radius 2 is 1.96 bits per heavy atom. The van der Waals surface area contributed by atoms with Gasteiger partial charge in [-0.05, 0) is 19.1 Å². The molecule has 7 nitrogen and oxygen atoms in total. The van der Waals surface area contributed by atoms with Crippen molar-refractivity contribution in [2.24, 2.45) is 5.16 Å². The van der Waals surface area contributed by atoms with Crippen LogP contribution in [0.15, 0.2) is 53.7 Å². The third-order valence-electron chi connectivity index (χ3n) is 4.40. The van der Waals surface area contributed by atoms with Crippen molar-refractivity contribution in [3.8, 4) is 0 Å². The lowest BCUT2D eigenvalue weighted by atomic mass is 9.82. The van der Waals surface area contributed by atoms with E-state index in [-0.39, 0.29) is 28.9 Å². The molecule has 0 saturated heterocycles. The Bertz CT molecular complexity index is 914. The maximum atomic E-state index is 14.0. The number of nitro groups is 1. The Morgan fingerprint density at radius 3 is 2.62 bits per heavy atom. The van der Waals surface area contributed by atoms with Crippen LogP contribution in [0.2, 0.25) is 0 Å². The Hall–Kier alpha value is -3.13. The summed E-state index contributed by atoms with van der Waals surface area (Å²) in [7, 11) is 0.